The van der Waals surface area contributed by atoms with Crippen molar-refractivity contribution in [2.75, 3.05) is 17.2 Å². The van der Waals surface area contributed by atoms with Gasteiger partial charge >= 0.3 is 0 Å². The first-order valence-corrected chi connectivity index (χ1v) is 9.63. The van der Waals surface area contributed by atoms with Crippen molar-refractivity contribution in [2.45, 2.75) is 13.8 Å². The van der Waals surface area contributed by atoms with Crippen molar-refractivity contribution in [3.05, 3.63) is 78.4 Å². The van der Waals surface area contributed by atoms with Crippen molar-refractivity contribution < 1.29 is 9.53 Å². The topological polar surface area (TPSA) is 89.0 Å². The first-order valence-electron chi connectivity index (χ1n) is 9.63. The van der Waals surface area contributed by atoms with Crippen LogP contribution in [0.3, 0.4) is 0 Å². The van der Waals surface area contributed by atoms with Crippen LogP contribution in [0, 0.1) is 6.92 Å². The predicted molar refractivity (Wildman–Crippen MR) is 117 cm³/mol. The number of fused-ring (bicyclic) bond motifs is 1. The van der Waals surface area contributed by atoms with E-state index in [0.717, 1.165) is 22.3 Å². The van der Waals surface area contributed by atoms with Crippen LogP contribution in [0.2, 0.25) is 0 Å². The van der Waals surface area contributed by atoms with Crippen LogP contribution >= 0.6 is 0 Å². The summed E-state index contributed by atoms with van der Waals surface area (Å²) in [5.74, 6) is 1.50. The van der Waals surface area contributed by atoms with Gasteiger partial charge in [0.2, 0.25) is 0 Å². The Kier molecular flexibility index (Phi) is 5.52. The molecular formula is C23H21N5O2. The van der Waals surface area contributed by atoms with Gasteiger partial charge in [0.1, 0.15) is 23.1 Å². The van der Waals surface area contributed by atoms with Gasteiger partial charge in [0.15, 0.2) is 0 Å². The maximum Gasteiger partial charge on any atom is 0.274 e. The fourth-order valence-electron chi connectivity index (χ4n) is 3.09. The smallest absolute Gasteiger partial charge is 0.274 e. The molecule has 0 radical (unpaired) electrons. The standard InChI is InChI=1S/C23H21N5O2/c1-3-30-18-11-9-17(10-12-18)27-21-14-20(25-15(2)26-21)23(29)28-19-8-4-6-16-7-5-13-24-22(16)19/h4-14H,3H2,1-2H3,(H,28,29)(H,25,26,27). The third-order valence-electron chi connectivity index (χ3n) is 4.39. The van der Waals surface area contributed by atoms with Crippen LogP contribution in [0.15, 0.2) is 66.9 Å². The van der Waals surface area contributed by atoms with Crippen LogP contribution in [0.5, 0.6) is 5.75 Å². The first kappa shape index (κ1) is 19.3. The summed E-state index contributed by atoms with van der Waals surface area (Å²) in [6, 6.07) is 18.6. The minimum absolute atomic E-state index is 0.267. The van der Waals surface area contributed by atoms with Crippen molar-refractivity contribution >= 4 is 34.0 Å². The molecule has 150 valence electrons. The minimum atomic E-state index is -0.326. The predicted octanol–water partition coefficient (Wildman–Crippen LogP) is 4.73. The van der Waals surface area contributed by atoms with E-state index in [4.69, 9.17) is 4.74 Å². The summed E-state index contributed by atoms with van der Waals surface area (Å²) < 4.78 is 5.46. The molecule has 7 heteroatoms. The van der Waals surface area contributed by atoms with Gasteiger partial charge in [-0.3, -0.25) is 9.78 Å². The molecule has 2 heterocycles. The van der Waals surface area contributed by atoms with E-state index in [1.165, 1.54) is 0 Å². The second kappa shape index (κ2) is 8.57. The van der Waals surface area contributed by atoms with E-state index in [1.807, 2.05) is 61.5 Å². The average Bonchev–Trinajstić information content (AvgIpc) is 2.75. The number of pyridine rings is 1. The number of carbonyl (C=O) groups is 1. The third kappa shape index (κ3) is 4.35. The molecule has 0 bridgehead atoms. The lowest BCUT2D eigenvalue weighted by Gasteiger charge is -2.11. The Bertz CT molecular complexity index is 1190. The van der Waals surface area contributed by atoms with E-state index in [9.17, 15) is 4.79 Å². The highest BCUT2D eigenvalue weighted by Gasteiger charge is 2.13. The number of benzene rings is 2. The van der Waals surface area contributed by atoms with E-state index in [2.05, 4.69) is 25.6 Å². The Morgan fingerprint density at radius 1 is 1.03 bits per heavy atom. The zero-order valence-electron chi connectivity index (χ0n) is 16.7. The number of para-hydroxylation sites is 1. The number of nitrogens with zero attached hydrogens (tertiary/aromatic N) is 3. The number of aromatic nitrogens is 3. The van der Waals surface area contributed by atoms with Crippen LogP contribution in [0.1, 0.15) is 23.2 Å². The highest BCUT2D eigenvalue weighted by Crippen LogP contribution is 2.22. The lowest BCUT2D eigenvalue weighted by molar-refractivity contribution is 0.102. The summed E-state index contributed by atoms with van der Waals surface area (Å²) in [6.07, 6.45) is 1.70. The molecule has 0 unspecified atom stereocenters. The van der Waals surface area contributed by atoms with Crippen molar-refractivity contribution in [3.63, 3.8) is 0 Å². The van der Waals surface area contributed by atoms with Crippen molar-refractivity contribution in [2.24, 2.45) is 0 Å². The number of rotatable bonds is 6. The monoisotopic (exact) mass is 399 g/mol. The molecular weight excluding hydrogens is 378 g/mol. The molecule has 4 aromatic rings. The first-order chi connectivity index (χ1) is 14.6. The Balaban J connectivity index is 1.55. The molecule has 0 atom stereocenters. The van der Waals surface area contributed by atoms with Gasteiger partial charge in [0.25, 0.3) is 5.91 Å². The number of carbonyl (C=O) groups excluding carboxylic acids is 1. The number of anilines is 3. The molecule has 1 amide bonds. The normalized spacial score (nSPS) is 10.6. The number of hydrogen-bond donors (Lipinski definition) is 2. The van der Waals surface area contributed by atoms with Gasteiger partial charge in [-0.15, -0.1) is 0 Å². The molecule has 0 spiro atoms. The molecule has 2 N–H and O–H groups in total. The van der Waals surface area contributed by atoms with Gasteiger partial charge in [0, 0.05) is 23.3 Å². The molecule has 0 aliphatic heterocycles. The van der Waals surface area contributed by atoms with Crippen molar-refractivity contribution in [1.82, 2.24) is 15.0 Å². The van der Waals surface area contributed by atoms with Crippen molar-refractivity contribution in [3.8, 4) is 5.75 Å². The summed E-state index contributed by atoms with van der Waals surface area (Å²) >= 11 is 0. The number of aryl methyl sites for hydroxylation is 1. The van der Waals surface area contributed by atoms with E-state index < -0.39 is 0 Å². The van der Waals surface area contributed by atoms with Crippen LogP contribution in [0.25, 0.3) is 10.9 Å². The Morgan fingerprint density at radius 2 is 1.83 bits per heavy atom. The van der Waals surface area contributed by atoms with E-state index in [1.54, 1.807) is 19.2 Å². The van der Waals surface area contributed by atoms with E-state index in [-0.39, 0.29) is 11.6 Å². The van der Waals surface area contributed by atoms with Gasteiger partial charge in [0.05, 0.1) is 17.8 Å². The zero-order valence-corrected chi connectivity index (χ0v) is 16.7. The molecule has 7 nitrogen and oxygen atoms in total. The van der Waals surface area contributed by atoms with Crippen LogP contribution in [0.4, 0.5) is 17.2 Å². The quantitative estimate of drug-likeness (QED) is 0.487. The number of hydrogen-bond acceptors (Lipinski definition) is 6. The summed E-state index contributed by atoms with van der Waals surface area (Å²) in [7, 11) is 0. The number of amides is 1. The summed E-state index contributed by atoms with van der Waals surface area (Å²) in [6.45, 7) is 4.30. The maximum absolute atomic E-state index is 12.9. The number of nitrogens with one attached hydrogen (secondary N) is 2. The van der Waals surface area contributed by atoms with Gasteiger partial charge in [-0.25, -0.2) is 9.97 Å². The van der Waals surface area contributed by atoms with Gasteiger partial charge in [-0.2, -0.15) is 0 Å². The van der Waals surface area contributed by atoms with E-state index in [0.29, 0.717) is 23.9 Å². The van der Waals surface area contributed by atoms with Crippen LogP contribution in [-0.4, -0.2) is 27.5 Å². The molecule has 0 aliphatic carbocycles. The highest BCUT2D eigenvalue weighted by atomic mass is 16.5. The molecule has 0 saturated heterocycles. The fraction of sp³-hybridized carbons (Fsp3) is 0.130. The molecule has 0 aliphatic rings. The molecule has 2 aromatic carbocycles. The second-order valence-corrected chi connectivity index (χ2v) is 6.60. The molecule has 0 fully saturated rings. The Hall–Kier alpha value is -4.00. The van der Waals surface area contributed by atoms with Gasteiger partial charge in [-0.05, 0) is 50.2 Å². The fourth-order valence-corrected chi connectivity index (χ4v) is 3.09. The minimum Gasteiger partial charge on any atom is -0.494 e. The zero-order chi connectivity index (χ0) is 20.9. The second-order valence-electron chi connectivity index (χ2n) is 6.60. The molecule has 4 rings (SSSR count). The molecule has 0 saturated carbocycles. The molecule has 30 heavy (non-hydrogen) atoms. The summed E-state index contributed by atoms with van der Waals surface area (Å²) in [4.78, 5) is 25.9. The lowest BCUT2D eigenvalue weighted by Crippen LogP contribution is -2.15. The summed E-state index contributed by atoms with van der Waals surface area (Å²) in [5.41, 5.74) is 2.47. The van der Waals surface area contributed by atoms with E-state index >= 15 is 0 Å². The average molecular weight is 399 g/mol. The number of ether oxygens (including phenoxy) is 1. The Labute approximate surface area is 174 Å². The Morgan fingerprint density at radius 3 is 2.63 bits per heavy atom. The van der Waals surface area contributed by atoms with Crippen LogP contribution in [-0.2, 0) is 0 Å². The lowest BCUT2D eigenvalue weighted by atomic mass is 10.2. The maximum atomic E-state index is 12.9. The molecule has 2 aromatic heterocycles. The van der Waals surface area contributed by atoms with Gasteiger partial charge < -0.3 is 15.4 Å². The largest absolute Gasteiger partial charge is 0.494 e. The SMILES string of the molecule is CCOc1ccc(Nc2cc(C(=O)Nc3cccc4cccnc34)nc(C)n2)cc1. The highest BCUT2D eigenvalue weighted by molar-refractivity contribution is 6.07. The van der Waals surface area contributed by atoms with Crippen LogP contribution < -0.4 is 15.4 Å². The van der Waals surface area contributed by atoms with Crippen molar-refractivity contribution in [1.29, 1.82) is 0 Å². The third-order valence-corrected chi connectivity index (χ3v) is 4.39. The van der Waals surface area contributed by atoms with Gasteiger partial charge in [-0.1, -0.05) is 18.2 Å². The summed E-state index contributed by atoms with van der Waals surface area (Å²) in [5, 5.41) is 7.06.